The Morgan fingerprint density at radius 3 is 2.58 bits per heavy atom. The maximum absolute atomic E-state index is 13.2. The number of hydrogen-bond donors (Lipinski definition) is 0. The molecule has 0 N–H and O–H groups in total. The van der Waals surface area contributed by atoms with E-state index < -0.39 is 6.10 Å². The molecule has 4 aromatic rings. The molecule has 5 rings (SSSR count). The first-order valence-corrected chi connectivity index (χ1v) is 10.2. The van der Waals surface area contributed by atoms with Crippen molar-refractivity contribution in [2.24, 2.45) is 0 Å². The highest BCUT2D eigenvalue weighted by molar-refractivity contribution is 5.97. The minimum absolute atomic E-state index is 0.149. The van der Waals surface area contributed by atoms with Crippen LogP contribution >= 0.6 is 0 Å². The zero-order chi connectivity index (χ0) is 21.0. The van der Waals surface area contributed by atoms with Crippen LogP contribution in [0.1, 0.15) is 17.0 Å². The van der Waals surface area contributed by atoms with E-state index in [-0.39, 0.29) is 12.5 Å². The summed E-state index contributed by atoms with van der Waals surface area (Å²) in [5.41, 5.74) is 3.59. The van der Waals surface area contributed by atoms with Crippen LogP contribution in [0.4, 0.5) is 5.69 Å². The molecule has 0 saturated carbocycles. The second-order valence-electron chi connectivity index (χ2n) is 7.37. The second kappa shape index (κ2) is 8.63. The maximum Gasteiger partial charge on any atom is 0.280 e. The van der Waals surface area contributed by atoms with Crippen molar-refractivity contribution in [3.05, 3.63) is 102 Å². The molecule has 1 aliphatic heterocycles. The van der Waals surface area contributed by atoms with Crippen molar-refractivity contribution >= 4 is 22.5 Å². The quantitative estimate of drug-likeness (QED) is 0.475. The fraction of sp³-hybridized carbons (Fsp3) is 0.160. The zero-order valence-electron chi connectivity index (χ0n) is 16.8. The summed E-state index contributed by atoms with van der Waals surface area (Å²) in [7, 11) is 0. The Bertz CT molecular complexity index is 1210. The number of carbonyl (C=O) groups excluding carboxylic acids is 1. The number of aromatic nitrogens is 2. The highest BCUT2D eigenvalue weighted by Gasteiger charge is 2.34. The normalized spacial score (nSPS) is 15.8. The predicted molar refractivity (Wildman–Crippen MR) is 117 cm³/mol. The highest BCUT2D eigenvalue weighted by atomic mass is 16.7. The minimum Gasteiger partial charge on any atom is -0.360 e. The number of ether oxygens (including phenoxy) is 1. The van der Waals surface area contributed by atoms with Crippen LogP contribution in [0.3, 0.4) is 0 Å². The summed E-state index contributed by atoms with van der Waals surface area (Å²) in [4.78, 5) is 28.0. The first-order valence-electron chi connectivity index (χ1n) is 10.2. The molecular formula is C25H21N3O3. The summed E-state index contributed by atoms with van der Waals surface area (Å²) in [6, 6.07) is 25.3. The Kier molecular flexibility index (Phi) is 5.39. The number of nitrogens with zero attached hydrogens (tertiary/aromatic N) is 3. The number of para-hydroxylation sites is 2. The molecule has 0 bridgehead atoms. The van der Waals surface area contributed by atoms with Crippen molar-refractivity contribution < 1.29 is 14.4 Å². The minimum atomic E-state index is -0.666. The van der Waals surface area contributed by atoms with E-state index in [0.29, 0.717) is 18.9 Å². The fourth-order valence-corrected chi connectivity index (χ4v) is 3.65. The summed E-state index contributed by atoms with van der Waals surface area (Å²) in [5.74, 6) is 0.317. The molecule has 0 spiro atoms. The van der Waals surface area contributed by atoms with Gasteiger partial charge in [0, 0.05) is 18.0 Å². The van der Waals surface area contributed by atoms with Crippen LogP contribution in [-0.2, 0) is 34.0 Å². The second-order valence-corrected chi connectivity index (χ2v) is 7.37. The number of benzene rings is 3. The van der Waals surface area contributed by atoms with Crippen molar-refractivity contribution in [2.75, 3.05) is 5.06 Å². The van der Waals surface area contributed by atoms with Gasteiger partial charge in [-0.1, -0.05) is 66.7 Å². The fourth-order valence-electron chi connectivity index (χ4n) is 3.65. The van der Waals surface area contributed by atoms with Crippen LogP contribution < -0.4 is 5.06 Å². The summed E-state index contributed by atoms with van der Waals surface area (Å²) < 4.78 is 5.97. The lowest BCUT2D eigenvalue weighted by Crippen LogP contribution is -2.45. The van der Waals surface area contributed by atoms with Crippen LogP contribution in [-0.4, -0.2) is 22.0 Å². The molecule has 2 heterocycles. The van der Waals surface area contributed by atoms with Crippen LogP contribution in [0.5, 0.6) is 0 Å². The SMILES string of the molecule is O=C1C(OCc2ncc3ccccc3n2)Cc2ccccc2N1OCc1ccccc1. The average molecular weight is 411 g/mol. The van der Waals surface area contributed by atoms with Crippen LogP contribution in [0.15, 0.2) is 85.1 Å². The Morgan fingerprint density at radius 1 is 0.903 bits per heavy atom. The molecule has 1 atom stereocenters. The molecular weight excluding hydrogens is 390 g/mol. The number of anilines is 1. The van der Waals surface area contributed by atoms with Gasteiger partial charge in [0.15, 0.2) is 5.82 Å². The highest BCUT2D eigenvalue weighted by Crippen LogP contribution is 2.30. The third-order valence-corrected chi connectivity index (χ3v) is 5.25. The lowest BCUT2D eigenvalue weighted by Gasteiger charge is -2.32. The third kappa shape index (κ3) is 4.17. The van der Waals surface area contributed by atoms with Crippen LogP contribution in [0, 0.1) is 0 Å². The van der Waals surface area contributed by atoms with E-state index in [0.717, 1.165) is 27.7 Å². The molecule has 6 heteroatoms. The largest absolute Gasteiger partial charge is 0.360 e. The van der Waals surface area contributed by atoms with Gasteiger partial charge < -0.3 is 4.74 Å². The van der Waals surface area contributed by atoms with Gasteiger partial charge >= 0.3 is 0 Å². The lowest BCUT2D eigenvalue weighted by molar-refractivity contribution is -0.140. The molecule has 1 aliphatic rings. The van der Waals surface area contributed by atoms with Gasteiger partial charge in [-0.05, 0) is 23.3 Å². The Labute approximate surface area is 180 Å². The number of hydrogen-bond acceptors (Lipinski definition) is 5. The summed E-state index contributed by atoms with van der Waals surface area (Å²) in [5, 5.41) is 2.33. The molecule has 0 saturated heterocycles. The Hall–Kier alpha value is -3.61. The maximum atomic E-state index is 13.2. The molecule has 3 aromatic carbocycles. The Balaban J connectivity index is 1.33. The first kappa shape index (κ1) is 19.4. The van der Waals surface area contributed by atoms with E-state index in [1.807, 2.05) is 78.9 Å². The number of carbonyl (C=O) groups is 1. The molecule has 0 fully saturated rings. The van der Waals surface area contributed by atoms with E-state index in [1.54, 1.807) is 6.20 Å². The van der Waals surface area contributed by atoms with Crippen molar-refractivity contribution in [2.45, 2.75) is 25.7 Å². The van der Waals surface area contributed by atoms with E-state index in [9.17, 15) is 4.79 Å². The van der Waals surface area contributed by atoms with E-state index in [4.69, 9.17) is 9.57 Å². The van der Waals surface area contributed by atoms with Gasteiger partial charge in [-0.3, -0.25) is 9.63 Å². The third-order valence-electron chi connectivity index (χ3n) is 5.25. The van der Waals surface area contributed by atoms with Gasteiger partial charge in [-0.25, -0.2) is 9.97 Å². The zero-order valence-corrected chi connectivity index (χ0v) is 16.8. The molecule has 6 nitrogen and oxygen atoms in total. The molecule has 1 unspecified atom stereocenters. The van der Waals surface area contributed by atoms with Gasteiger partial charge in [0.2, 0.25) is 0 Å². The number of amides is 1. The molecule has 1 aromatic heterocycles. The molecule has 1 amide bonds. The van der Waals surface area contributed by atoms with Crippen LogP contribution in [0.2, 0.25) is 0 Å². The number of fused-ring (bicyclic) bond motifs is 2. The number of hydroxylamine groups is 1. The van der Waals surface area contributed by atoms with Crippen molar-refractivity contribution in [3.63, 3.8) is 0 Å². The first-order chi connectivity index (χ1) is 15.3. The predicted octanol–water partition coefficient (Wildman–Crippen LogP) is 4.24. The number of rotatable bonds is 6. The van der Waals surface area contributed by atoms with Gasteiger partial charge in [0.05, 0.1) is 11.2 Å². The molecule has 0 aliphatic carbocycles. The monoisotopic (exact) mass is 411 g/mol. The van der Waals surface area contributed by atoms with Crippen molar-refractivity contribution in [1.82, 2.24) is 9.97 Å². The standard InChI is InChI=1S/C25H21N3O3/c29-25-23(30-17-24-26-15-20-11-4-6-12-21(20)27-24)14-19-10-5-7-13-22(19)28(25)31-16-18-8-2-1-3-9-18/h1-13,15,23H,14,16-17H2. The van der Waals surface area contributed by atoms with Crippen molar-refractivity contribution in [3.8, 4) is 0 Å². The summed E-state index contributed by atoms with van der Waals surface area (Å²) in [6.45, 7) is 0.442. The van der Waals surface area contributed by atoms with E-state index >= 15 is 0 Å². The average Bonchev–Trinajstić information content (AvgIpc) is 2.83. The molecule has 31 heavy (non-hydrogen) atoms. The van der Waals surface area contributed by atoms with Crippen molar-refractivity contribution in [1.29, 1.82) is 0 Å². The van der Waals surface area contributed by atoms with Gasteiger partial charge in [-0.2, -0.15) is 5.06 Å². The van der Waals surface area contributed by atoms with Gasteiger partial charge in [-0.15, -0.1) is 0 Å². The van der Waals surface area contributed by atoms with Gasteiger partial charge in [0.25, 0.3) is 5.91 Å². The summed E-state index contributed by atoms with van der Waals surface area (Å²) in [6.07, 6.45) is 1.59. The van der Waals surface area contributed by atoms with Crippen LogP contribution in [0.25, 0.3) is 10.9 Å². The van der Waals surface area contributed by atoms with E-state index in [1.165, 1.54) is 5.06 Å². The van der Waals surface area contributed by atoms with Gasteiger partial charge in [0.1, 0.15) is 19.3 Å². The lowest BCUT2D eigenvalue weighted by atomic mass is 10.0. The van der Waals surface area contributed by atoms with E-state index in [2.05, 4.69) is 9.97 Å². The molecule has 154 valence electrons. The Morgan fingerprint density at radius 2 is 1.68 bits per heavy atom. The topological polar surface area (TPSA) is 64.5 Å². The molecule has 0 radical (unpaired) electrons. The smallest absolute Gasteiger partial charge is 0.280 e. The summed E-state index contributed by atoms with van der Waals surface area (Å²) >= 11 is 0.